The second-order valence-corrected chi connectivity index (χ2v) is 6.40. The molecule has 0 spiro atoms. The van der Waals surface area contributed by atoms with Crippen LogP contribution in [0.15, 0.2) is 0 Å². The number of hydrogen-bond acceptors (Lipinski definition) is 3. The molecule has 2 amide bonds. The van der Waals surface area contributed by atoms with Gasteiger partial charge in [-0.1, -0.05) is 13.3 Å². The van der Waals surface area contributed by atoms with Gasteiger partial charge in [-0.05, 0) is 31.6 Å². The lowest BCUT2D eigenvalue weighted by molar-refractivity contribution is -0.148. The summed E-state index contributed by atoms with van der Waals surface area (Å²) >= 11 is 0. The lowest BCUT2D eigenvalue weighted by atomic mass is 9.83. The van der Waals surface area contributed by atoms with Crippen LogP contribution in [0.25, 0.3) is 0 Å². The lowest BCUT2D eigenvalue weighted by Crippen LogP contribution is -2.43. The number of aliphatic hydroxyl groups excluding tert-OH is 1. The summed E-state index contributed by atoms with van der Waals surface area (Å²) in [6.07, 6.45) is 3.66. The highest BCUT2D eigenvalue weighted by Gasteiger charge is 2.46. The average Bonchev–Trinajstić information content (AvgIpc) is 3.07. The van der Waals surface area contributed by atoms with E-state index in [-0.39, 0.29) is 12.6 Å². The number of rotatable bonds is 5. The van der Waals surface area contributed by atoms with Gasteiger partial charge in [0.2, 0.25) is 0 Å². The van der Waals surface area contributed by atoms with Gasteiger partial charge in [-0.3, -0.25) is 4.79 Å². The van der Waals surface area contributed by atoms with Crippen molar-refractivity contribution in [1.29, 1.82) is 0 Å². The minimum absolute atomic E-state index is 0.0327. The van der Waals surface area contributed by atoms with E-state index in [1.165, 1.54) is 0 Å². The van der Waals surface area contributed by atoms with Crippen molar-refractivity contribution in [3.8, 4) is 0 Å². The summed E-state index contributed by atoms with van der Waals surface area (Å²) in [5, 5.41) is 18.5. The maximum absolute atomic E-state index is 12.5. The fourth-order valence-corrected chi connectivity index (χ4v) is 3.62. The van der Waals surface area contributed by atoms with E-state index in [1.54, 1.807) is 4.90 Å². The summed E-state index contributed by atoms with van der Waals surface area (Å²) in [4.78, 5) is 27.6. The largest absolute Gasteiger partial charge is 0.481 e. The topological polar surface area (TPSA) is 81.1 Å². The molecule has 0 saturated carbocycles. The molecule has 2 aliphatic rings. The van der Waals surface area contributed by atoms with Crippen LogP contribution in [0, 0.1) is 11.3 Å². The molecular formula is C15H26N2O4. The molecule has 0 radical (unpaired) electrons. The molecule has 2 fully saturated rings. The van der Waals surface area contributed by atoms with Crippen molar-refractivity contribution in [1.82, 2.24) is 9.80 Å². The summed E-state index contributed by atoms with van der Waals surface area (Å²) in [6.45, 7) is 4.41. The number of likely N-dealkylation sites (tertiary alicyclic amines) is 2. The first-order valence-electron chi connectivity index (χ1n) is 7.90. The quantitative estimate of drug-likeness (QED) is 0.803. The number of carboxylic acids is 1. The molecule has 2 atom stereocenters. The van der Waals surface area contributed by atoms with Crippen molar-refractivity contribution in [3.63, 3.8) is 0 Å². The normalized spacial score (nSPS) is 29.1. The third kappa shape index (κ3) is 3.31. The van der Waals surface area contributed by atoms with Gasteiger partial charge in [-0.2, -0.15) is 0 Å². The van der Waals surface area contributed by atoms with Crippen LogP contribution < -0.4 is 0 Å². The second-order valence-electron chi connectivity index (χ2n) is 6.40. The van der Waals surface area contributed by atoms with E-state index in [0.29, 0.717) is 44.9 Å². The van der Waals surface area contributed by atoms with Gasteiger partial charge in [-0.25, -0.2) is 4.79 Å². The predicted molar refractivity (Wildman–Crippen MR) is 77.9 cm³/mol. The van der Waals surface area contributed by atoms with Gasteiger partial charge in [0.05, 0.1) is 5.41 Å². The molecule has 0 aliphatic carbocycles. The van der Waals surface area contributed by atoms with Gasteiger partial charge in [0.1, 0.15) is 0 Å². The standard InChI is InChI=1S/C15H26N2O4/c1-2-5-15(13(19)20)6-8-17(11-15)14(21)16-7-3-12(10-16)4-9-18/h12,18H,2-11H2,1H3,(H,19,20). The van der Waals surface area contributed by atoms with Crippen molar-refractivity contribution in [2.75, 3.05) is 32.8 Å². The Kier molecular flexibility index (Phi) is 5.08. The molecular weight excluding hydrogens is 272 g/mol. The van der Waals surface area contributed by atoms with E-state index in [0.717, 1.165) is 19.3 Å². The first-order chi connectivity index (χ1) is 10.0. The van der Waals surface area contributed by atoms with Crippen molar-refractivity contribution in [2.45, 2.75) is 39.0 Å². The monoisotopic (exact) mass is 298 g/mol. The Labute approximate surface area is 125 Å². The second kappa shape index (κ2) is 6.64. The minimum atomic E-state index is -0.778. The predicted octanol–water partition coefficient (Wildman–Crippen LogP) is 1.39. The molecule has 2 aliphatic heterocycles. The Balaban J connectivity index is 1.94. The molecule has 6 nitrogen and oxygen atoms in total. The number of hydrogen-bond donors (Lipinski definition) is 2. The Hall–Kier alpha value is -1.30. The van der Waals surface area contributed by atoms with Crippen LogP contribution in [0.3, 0.4) is 0 Å². The Morgan fingerprint density at radius 2 is 2.05 bits per heavy atom. The Morgan fingerprint density at radius 1 is 1.29 bits per heavy atom. The van der Waals surface area contributed by atoms with Crippen LogP contribution in [-0.2, 0) is 4.79 Å². The van der Waals surface area contributed by atoms with Crippen LogP contribution in [0.5, 0.6) is 0 Å². The van der Waals surface area contributed by atoms with Crippen LogP contribution >= 0.6 is 0 Å². The smallest absolute Gasteiger partial charge is 0.320 e. The summed E-state index contributed by atoms with van der Waals surface area (Å²) in [6, 6.07) is -0.0327. The van der Waals surface area contributed by atoms with Crippen LogP contribution in [0.2, 0.25) is 0 Å². The summed E-state index contributed by atoms with van der Waals surface area (Å²) in [5.74, 6) is -0.402. The van der Waals surface area contributed by atoms with Crippen molar-refractivity contribution >= 4 is 12.0 Å². The zero-order valence-electron chi connectivity index (χ0n) is 12.8. The molecule has 2 saturated heterocycles. The zero-order valence-corrected chi connectivity index (χ0v) is 12.8. The first kappa shape index (κ1) is 16.1. The van der Waals surface area contributed by atoms with Crippen molar-refractivity contribution in [3.05, 3.63) is 0 Å². The van der Waals surface area contributed by atoms with E-state index >= 15 is 0 Å². The summed E-state index contributed by atoms with van der Waals surface area (Å²) in [7, 11) is 0. The number of aliphatic carboxylic acids is 1. The van der Waals surface area contributed by atoms with Crippen LogP contribution in [-0.4, -0.2) is 64.8 Å². The molecule has 0 aromatic heterocycles. The van der Waals surface area contributed by atoms with Crippen molar-refractivity contribution < 1.29 is 19.8 Å². The fraction of sp³-hybridized carbons (Fsp3) is 0.867. The molecule has 0 bridgehead atoms. The molecule has 2 rings (SSSR count). The highest BCUT2D eigenvalue weighted by molar-refractivity contribution is 5.80. The molecule has 0 aromatic rings. The SMILES string of the molecule is CCCC1(C(=O)O)CCN(C(=O)N2CCC(CCO)C2)C1. The number of nitrogens with zero attached hydrogens (tertiary/aromatic N) is 2. The van der Waals surface area contributed by atoms with E-state index in [1.807, 2.05) is 11.8 Å². The molecule has 2 N–H and O–H groups in total. The van der Waals surface area contributed by atoms with Crippen molar-refractivity contribution in [2.24, 2.45) is 11.3 Å². The zero-order chi connectivity index (χ0) is 15.5. The van der Waals surface area contributed by atoms with E-state index in [2.05, 4.69) is 0 Å². The minimum Gasteiger partial charge on any atom is -0.481 e. The highest BCUT2D eigenvalue weighted by Crippen LogP contribution is 2.36. The number of amides is 2. The van der Waals surface area contributed by atoms with Gasteiger partial charge in [-0.15, -0.1) is 0 Å². The average molecular weight is 298 g/mol. The molecule has 21 heavy (non-hydrogen) atoms. The fourth-order valence-electron chi connectivity index (χ4n) is 3.62. The molecule has 2 heterocycles. The van der Waals surface area contributed by atoms with Crippen LogP contribution in [0.4, 0.5) is 4.79 Å². The van der Waals surface area contributed by atoms with Gasteiger partial charge in [0.15, 0.2) is 0 Å². The molecule has 0 aromatic carbocycles. The number of carbonyl (C=O) groups excluding carboxylic acids is 1. The van der Waals surface area contributed by atoms with E-state index < -0.39 is 11.4 Å². The molecule has 120 valence electrons. The number of urea groups is 1. The van der Waals surface area contributed by atoms with E-state index in [9.17, 15) is 14.7 Å². The van der Waals surface area contributed by atoms with Gasteiger partial charge in [0.25, 0.3) is 0 Å². The Bertz CT molecular complexity index is 401. The lowest BCUT2D eigenvalue weighted by Gasteiger charge is -2.27. The summed E-state index contributed by atoms with van der Waals surface area (Å²) < 4.78 is 0. The van der Waals surface area contributed by atoms with Gasteiger partial charge in [0, 0.05) is 32.8 Å². The maximum Gasteiger partial charge on any atom is 0.320 e. The Morgan fingerprint density at radius 3 is 2.67 bits per heavy atom. The third-order valence-corrected chi connectivity index (χ3v) is 4.90. The van der Waals surface area contributed by atoms with Gasteiger partial charge >= 0.3 is 12.0 Å². The number of carboxylic acid groups (broad SMARTS) is 1. The van der Waals surface area contributed by atoms with Crippen LogP contribution in [0.1, 0.15) is 39.0 Å². The van der Waals surface area contributed by atoms with E-state index in [4.69, 9.17) is 5.11 Å². The number of aliphatic hydroxyl groups is 1. The molecule has 6 heteroatoms. The molecule has 2 unspecified atom stereocenters. The summed E-state index contributed by atoms with van der Waals surface area (Å²) in [5.41, 5.74) is -0.755. The highest BCUT2D eigenvalue weighted by atomic mass is 16.4. The maximum atomic E-state index is 12.5. The first-order valence-corrected chi connectivity index (χ1v) is 7.90. The third-order valence-electron chi connectivity index (χ3n) is 4.90. The number of carbonyl (C=O) groups is 2. The van der Waals surface area contributed by atoms with Gasteiger partial charge < -0.3 is 20.0 Å².